The molecule has 8 atom stereocenters. The summed E-state index contributed by atoms with van der Waals surface area (Å²) in [4.78, 5) is 50.5. The van der Waals surface area contributed by atoms with Gasteiger partial charge in [0.25, 0.3) is 0 Å². The summed E-state index contributed by atoms with van der Waals surface area (Å²) in [6.07, 6.45) is -4.12. The number of nitrogens with one attached hydrogen (secondary N) is 1. The Morgan fingerprint density at radius 3 is 1.98 bits per heavy atom. The fourth-order valence-electron chi connectivity index (χ4n) is 6.41. The second-order valence-electron chi connectivity index (χ2n) is 13.3. The highest BCUT2D eigenvalue weighted by Gasteiger charge is 2.52. The number of carbonyl (C=O) groups is 4. The summed E-state index contributed by atoms with van der Waals surface area (Å²) in [6.45, 7) is 9.97. The third-order valence-corrected chi connectivity index (χ3v) is 9.10. The number of nitrogens with zero attached hydrogens (tertiary/aromatic N) is 1. The Morgan fingerprint density at radius 2 is 1.41 bits per heavy atom. The summed E-state index contributed by atoms with van der Waals surface area (Å²) in [5, 5.41) is 12.7. The van der Waals surface area contributed by atoms with E-state index in [9.17, 15) is 24.3 Å². The molecule has 0 spiro atoms. The lowest BCUT2D eigenvalue weighted by atomic mass is 9.92. The molecule has 54 heavy (non-hydrogen) atoms. The van der Waals surface area contributed by atoms with Crippen molar-refractivity contribution in [2.75, 3.05) is 26.7 Å². The van der Waals surface area contributed by atoms with Gasteiger partial charge in [0.1, 0.15) is 18.8 Å². The maximum atomic E-state index is 12.2. The molecular formula is C39H50N2O12S. The van der Waals surface area contributed by atoms with E-state index in [4.69, 9.17) is 45.4 Å². The molecule has 2 heterocycles. The van der Waals surface area contributed by atoms with Gasteiger partial charge < -0.3 is 48.5 Å². The van der Waals surface area contributed by atoms with Crippen molar-refractivity contribution in [3.05, 3.63) is 83.4 Å². The second kappa shape index (κ2) is 20.4. The minimum atomic E-state index is -1.27. The Bertz CT molecular complexity index is 1600. The number of aliphatic hydroxyl groups is 1. The minimum absolute atomic E-state index is 0.0264. The molecule has 2 aliphatic heterocycles. The van der Waals surface area contributed by atoms with Crippen LogP contribution in [0.15, 0.2) is 61.2 Å². The highest BCUT2D eigenvalue weighted by Crippen LogP contribution is 2.38. The Labute approximate surface area is 321 Å². The number of esters is 4. The number of benzene rings is 2. The van der Waals surface area contributed by atoms with E-state index >= 15 is 0 Å². The number of thiocarbonyl (C=S) groups is 1. The molecule has 2 N–H and O–H groups in total. The van der Waals surface area contributed by atoms with Crippen molar-refractivity contribution in [3.8, 4) is 0 Å². The third-order valence-electron chi connectivity index (χ3n) is 8.79. The molecule has 294 valence electrons. The van der Waals surface area contributed by atoms with Crippen LogP contribution in [0.25, 0.3) is 0 Å². The van der Waals surface area contributed by atoms with Gasteiger partial charge in [0, 0.05) is 65.7 Å². The van der Waals surface area contributed by atoms with Crippen molar-refractivity contribution in [1.29, 1.82) is 0 Å². The Kier molecular flexibility index (Phi) is 16.1. The van der Waals surface area contributed by atoms with E-state index in [0.717, 1.165) is 28.8 Å². The number of carbonyl (C=O) groups excluding carboxylic acids is 4. The molecule has 2 aromatic rings. The molecule has 2 aromatic carbocycles. The molecule has 2 fully saturated rings. The van der Waals surface area contributed by atoms with E-state index in [1.54, 1.807) is 0 Å². The van der Waals surface area contributed by atoms with Crippen LogP contribution in [0.1, 0.15) is 75.2 Å². The molecule has 15 heteroatoms. The quantitative estimate of drug-likeness (QED) is 0.109. The van der Waals surface area contributed by atoms with Crippen LogP contribution >= 0.6 is 12.2 Å². The molecule has 2 aliphatic rings. The maximum Gasteiger partial charge on any atom is 0.303 e. The van der Waals surface area contributed by atoms with Gasteiger partial charge in [-0.1, -0.05) is 66.8 Å². The van der Waals surface area contributed by atoms with Crippen LogP contribution in [-0.4, -0.2) is 102 Å². The first-order valence-corrected chi connectivity index (χ1v) is 18.1. The van der Waals surface area contributed by atoms with Gasteiger partial charge in [-0.15, -0.1) is 6.58 Å². The molecule has 0 amide bonds. The molecule has 0 aliphatic carbocycles. The van der Waals surface area contributed by atoms with Crippen LogP contribution < -0.4 is 5.32 Å². The van der Waals surface area contributed by atoms with E-state index in [1.807, 2.05) is 61.7 Å². The molecular weight excluding hydrogens is 720 g/mol. The molecule has 0 bridgehead atoms. The lowest BCUT2D eigenvalue weighted by molar-refractivity contribution is -0.252. The number of hydrogen-bond acceptors (Lipinski definition) is 14. The standard InChI is InChI=1S/C39H50N2O12S/c1-7-16-41(6)20-31-17-32(29-12-10-28(21-42)11-13-29)53-39(51-31)30-14-8-27(9-15-30)19-40-35(54)18-33-36(48-24(3)44)38(50-26(5)46)37(49-25(4)45)34(52-33)22-47-23(2)43/h7-15,31-34,36-39,42H,1,16-22H2,2-6H3,(H,40,54). The Balaban J connectivity index is 1.46. The average Bonchev–Trinajstić information content (AvgIpc) is 3.12. The zero-order valence-corrected chi connectivity index (χ0v) is 32.1. The number of rotatable bonds is 16. The van der Waals surface area contributed by atoms with Crippen LogP contribution in [0.5, 0.6) is 0 Å². The lowest BCUT2D eigenvalue weighted by Crippen LogP contribution is -2.62. The molecule has 4 rings (SSSR count). The summed E-state index contributed by atoms with van der Waals surface area (Å²) in [5.41, 5.74) is 3.57. The summed E-state index contributed by atoms with van der Waals surface area (Å²) in [7, 11) is 2.02. The first-order valence-electron chi connectivity index (χ1n) is 17.7. The van der Waals surface area contributed by atoms with Crippen LogP contribution in [0.3, 0.4) is 0 Å². The van der Waals surface area contributed by atoms with Crippen molar-refractivity contribution < 1.29 is 57.4 Å². The normalized spacial score (nSPS) is 25.2. The van der Waals surface area contributed by atoms with Gasteiger partial charge >= 0.3 is 23.9 Å². The van der Waals surface area contributed by atoms with Crippen molar-refractivity contribution in [2.45, 2.75) is 103 Å². The van der Waals surface area contributed by atoms with Crippen LogP contribution in [0.2, 0.25) is 0 Å². The number of hydrogen-bond donors (Lipinski definition) is 2. The fourth-order valence-corrected chi connectivity index (χ4v) is 6.64. The van der Waals surface area contributed by atoms with Gasteiger partial charge in [0.2, 0.25) is 0 Å². The largest absolute Gasteiger partial charge is 0.463 e. The average molecular weight is 771 g/mol. The topological polar surface area (TPSA) is 168 Å². The molecule has 2 saturated heterocycles. The number of likely N-dealkylation sites (N-methyl/N-ethyl adjacent to an activating group) is 1. The predicted octanol–water partition coefficient (Wildman–Crippen LogP) is 3.77. The van der Waals surface area contributed by atoms with Gasteiger partial charge in [-0.3, -0.25) is 19.2 Å². The third kappa shape index (κ3) is 12.7. The smallest absolute Gasteiger partial charge is 0.303 e. The highest BCUT2D eigenvalue weighted by atomic mass is 32.1. The summed E-state index contributed by atoms with van der Waals surface area (Å²) >= 11 is 5.67. The Morgan fingerprint density at radius 1 is 0.833 bits per heavy atom. The van der Waals surface area contributed by atoms with Crippen molar-refractivity contribution in [1.82, 2.24) is 10.2 Å². The molecule has 8 unspecified atom stereocenters. The van der Waals surface area contributed by atoms with Crippen molar-refractivity contribution >= 4 is 41.1 Å². The van der Waals surface area contributed by atoms with E-state index in [2.05, 4.69) is 16.8 Å². The van der Waals surface area contributed by atoms with Crippen molar-refractivity contribution in [2.24, 2.45) is 0 Å². The van der Waals surface area contributed by atoms with Gasteiger partial charge in [0.15, 0.2) is 24.6 Å². The van der Waals surface area contributed by atoms with Crippen LogP contribution in [-0.2, 0) is 65.5 Å². The maximum absolute atomic E-state index is 12.2. The molecule has 0 radical (unpaired) electrons. The van der Waals surface area contributed by atoms with Gasteiger partial charge in [-0.25, -0.2) is 0 Å². The Hall–Kier alpha value is -4.25. The minimum Gasteiger partial charge on any atom is -0.463 e. The van der Waals surface area contributed by atoms with Gasteiger partial charge in [-0.05, 0) is 23.7 Å². The predicted molar refractivity (Wildman–Crippen MR) is 199 cm³/mol. The van der Waals surface area contributed by atoms with Crippen molar-refractivity contribution in [3.63, 3.8) is 0 Å². The van der Waals surface area contributed by atoms with Gasteiger partial charge in [-0.2, -0.15) is 0 Å². The second-order valence-corrected chi connectivity index (χ2v) is 13.8. The highest BCUT2D eigenvalue weighted by molar-refractivity contribution is 7.80. The first-order chi connectivity index (χ1) is 25.8. The first kappa shape index (κ1) is 42.5. The zero-order valence-electron chi connectivity index (χ0n) is 31.3. The lowest BCUT2D eigenvalue weighted by Gasteiger charge is -2.44. The SMILES string of the molecule is C=CCN(C)CC1CC(c2ccc(CO)cc2)OC(c2ccc(CNC(=S)CC3OC(COC(C)=O)C(OC(C)=O)C(OC(C)=O)C3OC(C)=O)cc2)O1. The van der Waals surface area contributed by atoms with Crippen LogP contribution in [0.4, 0.5) is 0 Å². The monoisotopic (exact) mass is 770 g/mol. The summed E-state index contributed by atoms with van der Waals surface area (Å²) in [5.74, 6) is -2.70. The summed E-state index contributed by atoms with van der Waals surface area (Å²) in [6, 6.07) is 15.5. The molecule has 14 nitrogen and oxygen atoms in total. The van der Waals surface area contributed by atoms with Gasteiger partial charge in [0.05, 0.1) is 23.8 Å². The van der Waals surface area contributed by atoms with Crippen LogP contribution in [0, 0.1) is 0 Å². The van der Waals surface area contributed by atoms with E-state index < -0.39 is 60.7 Å². The van der Waals surface area contributed by atoms with E-state index in [-0.39, 0.29) is 31.8 Å². The number of aliphatic hydroxyl groups excluding tert-OH is 1. The van der Waals surface area contributed by atoms with E-state index in [1.165, 1.54) is 27.7 Å². The number of ether oxygens (including phenoxy) is 7. The fraction of sp³-hybridized carbons (Fsp3) is 0.513. The molecule has 0 saturated carbocycles. The zero-order chi connectivity index (χ0) is 39.4. The molecule has 0 aromatic heterocycles. The summed E-state index contributed by atoms with van der Waals surface area (Å²) < 4.78 is 40.8. The van der Waals surface area contributed by atoms with E-state index in [0.29, 0.717) is 24.5 Å².